The Labute approximate surface area is 125 Å². The van der Waals surface area contributed by atoms with E-state index in [0.29, 0.717) is 5.92 Å². The van der Waals surface area contributed by atoms with Gasteiger partial charge >= 0.3 is 0 Å². The van der Waals surface area contributed by atoms with Crippen LogP contribution in [0.15, 0.2) is 53.6 Å². The number of nitrogens with zero attached hydrogens (tertiary/aromatic N) is 3. The lowest BCUT2D eigenvalue weighted by molar-refractivity contribution is 0.376. The quantitative estimate of drug-likeness (QED) is 0.423. The smallest absolute Gasteiger partial charge is 0.0659 e. The highest BCUT2D eigenvalue weighted by Crippen LogP contribution is 2.39. The predicted octanol–water partition coefficient (Wildman–Crippen LogP) is 5.15. The number of hydrogen-bond donors (Lipinski definition) is 0. The monoisotopic (exact) mass is 277 g/mol. The highest BCUT2D eigenvalue weighted by molar-refractivity contribution is 5.34. The van der Waals surface area contributed by atoms with Gasteiger partial charge < -0.3 is 0 Å². The molecule has 0 radical (unpaired) electrons. The van der Waals surface area contributed by atoms with E-state index in [1.54, 1.807) is 0 Å². The van der Waals surface area contributed by atoms with Crippen LogP contribution in [0.2, 0.25) is 0 Å². The second kappa shape index (κ2) is 6.02. The van der Waals surface area contributed by atoms with E-state index in [4.69, 9.17) is 5.53 Å². The zero-order valence-electron chi connectivity index (χ0n) is 12.2. The van der Waals surface area contributed by atoms with Crippen LogP contribution in [0.4, 0.5) is 0 Å². The van der Waals surface area contributed by atoms with Crippen molar-refractivity contribution in [2.24, 2.45) is 11.0 Å². The molecule has 2 aromatic carbocycles. The summed E-state index contributed by atoms with van der Waals surface area (Å²) in [7, 11) is 0. The molecule has 0 aliphatic heterocycles. The summed E-state index contributed by atoms with van der Waals surface area (Å²) >= 11 is 0. The van der Waals surface area contributed by atoms with Gasteiger partial charge in [-0.1, -0.05) is 59.2 Å². The van der Waals surface area contributed by atoms with Gasteiger partial charge in [0.25, 0.3) is 0 Å². The maximum absolute atomic E-state index is 8.92. The zero-order chi connectivity index (χ0) is 14.7. The van der Waals surface area contributed by atoms with E-state index in [1.807, 2.05) is 6.07 Å². The summed E-state index contributed by atoms with van der Waals surface area (Å²) in [6, 6.07) is 17.0. The normalized spacial score (nSPS) is 20.4. The lowest BCUT2D eigenvalue weighted by Crippen LogP contribution is -2.21. The molecule has 0 N–H and O–H groups in total. The fraction of sp³-hybridized carbons (Fsp3) is 0.333. The zero-order valence-corrected chi connectivity index (χ0v) is 12.2. The molecule has 2 aromatic rings. The van der Waals surface area contributed by atoms with E-state index in [0.717, 1.165) is 19.3 Å². The average molecular weight is 277 g/mol. The molecule has 0 saturated carbocycles. The first-order valence-electron chi connectivity index (χ1n) is 7.45. The molecule has 0 aromatic heterocycles. The van der Waals surface area contributed by atoms with Gasteiger partial charge in [0.05, 0.1) is 6.04 Å². The molecule has 0 heterocycles. The highest BCUT2D eigenvalue weighted by atomic mass is 15.2. The Hall–Kier alpha value is -2.25. The van der Waals surface area contributed by atoms with Crippen molar-refractivity contribution in [3.05, 3.63) is 81.2 Å². The van der Waals surface area contributed by atoms with E-state index >= 15 is 0 Å². The minimum atomic E-state index is -0.0405. The van der Waals surface area contributed by atoms with E-state index in [-0.39, 0.29) is 6.04 Å². The molecule has 0 amide bonds. The standard InChI is InChI=1S/C18H19N3/c1-13-6-8-14(9-7-13)12-16-11-10-15-4-2-3-5-17(15)18(16)20-21-19/h2-9,16,18H,10-12H2,1H3. The molecule has 106 valence electrons. The summed E-state index contributed by atoms with van der Waals surface area (Å²) in [5.74, 6) is 0.388. The second-order valence-corrected chi connectivity index (χ2v) is 5.84. The third-order valence-electron chi connectivity index (χ3n) is 4.40. The van der Waals surface area contributed by atoms with Crippen molar-refractivity contribution < 1.29 is 0 Å². The van der Waals surface area contributed by atoms with Crippen molar-refractivity contribution in [1.82, 2.24) is 0 Å². The summed E-state index contributed by atoms with van der Waals surface area (Å²) < 4.78 is 0. The molecule has 3 heteroatoms. The predicted molar refractivity (Wildman–Crippen MR) is 85.0 cm³/mol. The van der Waals surface area contributed by atoms with E-state index in [2.05, 4.69) is 59.4 Å². The third-order valence-corrected chi connectivity index (χ3v) is 4.40. The van der Waals surface area contributed by atoms with E-state index < -0.39 is 0 Å². The summed E-state index contributed by atoms with van der Waals surface area (Å²) in [6.45, 7) is 2.10. The fourth-order valence-electron chi connectivity index (χ4n) is 3.26. The van der Waals surface area contributed by atoms with Crippen LogP contribution < -0.4 is 0 Å². The van der Waals surface area contributed by atoms with Crippen LogP contribution in [0.1, 0.15) is 34.7 Å². The van der Waals surface area contributed by atoms with Crippen LogP contribution in [0.25, 0.3) is 10.4 Å². The Morgan fingerprint density at radius 2 is 1.90 bits per heavy atom. The molecule has 21 heavy (non-hydrogen) atoms. The Bertz CT molecular complexity index is 669. The minimum Gasteiger partial charge on any atom is -0.0856 e. The van der Waals surface area contributed by atoms with Crippen LogP contribution in [-0.2, 0) is 12.8 Å². The van der Waals surface area contributed by atoms with Crippen LogP contribution in [0.3, 0.4) is 0 Å². The van der Waals surface area contributed by atoms with Gasteiger partial charge in [0.1, 0.15) is 0 Å². The molecule has 1 aliphatic rings. The van der Waals surface area contributed by atoms with E-state index in [1.165, 1.54) is 22.3 Å². The third kappa shape index (κ3) is 2.93. The highest BCUT2D eigenvalue weighted by Gasteiger charge is 2.28. The molecule has 0 saturated heterocycles. The van der Waals surface area contributed by atoms with Gasteiger partial charge in [0.15, 0.2) is 0 Å². The van der Waals surface area contributed by atoms with Gasteiger partial charge in [-0.25, -0.2) is 0 Å². The number of fused-ring (bicyclic) bond motifs is 1. The minimum absolute atomic E-state index is 0.0405. The summed E-state index contributed by atoms with van der Waals surface area (Å²) in [6.07, 6.45) is 3.12. The van der Waals surface area contributed by atoms with Gasteiger partial charge in [-0.2, -0.15) is 0 Å². The molecular formula is C18H19N3. The fourth-order valence-corrected chi connectivity index (χ4v) is 3.26. The Balaban J connectivity index is 1.88. The number of azide groups is 1. The van der Waals surface area contributed by atoms with Crippen LogP contribution in [-0.4, -0.2) is 0 Å². The molecule has 0 bridgehead atoms. The summed E-state index contributed by atoms with van der Waals surface area (Å²) in [5.41, 5.74) is 14.1. The first-order chi connectivity index (χ1) is 10.3. The maximum Gasteiger partial charge on any atom is 0.0659 e. The number of hydrogen-bond acceptors (Lipinski definition) is 1. The Morgan fingerprint density at radius 1 is 1.14 bits per heavy atom. The van der Waals surface area contributed by atoms with Crippen LogP contribution in [0.5, 0.6) is 0 Å². The van der Waals surface area contributed by atoms with Crippen molar-refractivity contribution in [1.29, 1.82) is 0 Å². The van der Waals surface area contributed by atoms with Crippen LogP contribution >= 0.6 is 0 Å². The largest absolute Gasteiger partial charge is 0.0856 e. The van der Waals surface area contributed by atoms with Gasteiger partial charge in [-0.15, -0.1) is 0 Å². The van der Waals surface area contributed by atoms with Gasteiger partial charge in [-0.3, -0.25) is 0 Å². The van der Waals surface area contributed by atoms with Crippen molar-refractivity contribution in [2.75, 3.05) is 0 Å². The van der Waals surface area contributed by atoms with E-state index in [9.17, 15) is 0 Å². The molecule has 3 nitrogen and oxygen atoms in total. The van der Waals surface area contributed by atoms with Crippen molar-refractivity contribution >= 4 is 0 Å². The molecular weight excluding hydrogens is 258 g/mol. The molecule has 0 fully saturated rings. The summed E-state index contributed by atoms with van der Waals surface area (Å²) in [5, 5.41) is 4.10. The van der Waals surface area contributed by atoms with Crippen molar-refractivity contribution in [3.63, 3.8) is 0 Å². The Morgan fingerprint density at radius 3 is 2.67 bits per heavy atom. The van der Waals surface area contributed by atoms with Crippen molar-refractivity contribution in [2.45, 2.75) is 32.2 Å². The number of rotatable bonds is 3. The first-order valence-corrected chi connectivity index (χ1v) is 7.45. The topological polar surface area (TPSA) is 48.8 Å². The molecule has 1 aliphatic carbocycles. The van der Waals surface area contributed by atoms with Gasteiger partial charge in [0.2, 0.25) is 0 Å². The average Bonchev–Trinajstić information content (AvgIpc) is 2.52. The molecule has 3 rings (SSSR count). The van der Waals surface area contributed by atoms with Crippen LogP contribution in [0, 0.1) is 12.8 Å². The Kier molecular flexibility index (Phi) is 3.94. The first kappa shape index (κ1) is 13.7. The lowest BCUT2D eigenvalue weighted by atomic mass is 9.77. The van der Waals surface area contributed by atoms with Gasteiger partial charge in [0, 0.05) is 4.91 Å². The molecule has 2 unspecified atom stereocenters. The number of benzene rings is 2. The summed E-state index contributed by atoms with van der Waals surface area (Å²) in [4.78, 5) is 3.09. The SMILES string of the molecule is Cc1ccc(CC2CCc3ccccc3C2N=[N+]=[N-])cc1. The van der Waals surface area contributed by atoms with Crippen molar-refractivity contribution in [3.8, 4) is 0 Å². The maximum atomic E-state index is 8.92. The number of aryl methyl sites for hydroxylation is 2. The van der Waals surface area contributed by atoms with Gasteiger partial charge in [-0.05, 0) is 54.3 Å². The molecule has 2 atom stereocenters. The lowest BCUT2D eigenvalue weighted by Gasteiger charge is -2.30. The molecule has 0 spiro atoms. The second-order valence-electron chi connectivity index (χ2n) is 5.84.